The maximum atomic E-state index is 12.1. The minimum absolute atomic E-state index is 0.0285. The van der Waals surface area contributed by atoms with E-state index in [0.29, 0.717) is 0 Å². The average Bonchev–Trinajstić information content (AvgIpc) is 2.46. The normalized spacial score (nSPS) is 12.0. The number of phenolic OH excluding ortho intramolecular Hbond substituents is 1. The Hall–Kier alpha value is -2.77. The van der Waals surface area contributed by atoms with Crippen molar-refractivity contribution in [2.45, 2.75) is 39.3 Å². The van der Waals surface area contributed by atoms with Crippen molar-refractivity contribution >= 4 is 23.7 Å². The predicted octanol–water partition coefficient (Wildman–Crippen LogP) is 2.03. The number of carbonyl (C=O) groups is 3. The Morgan fingerprint density at radius 3 is 2.38 bits per heavy atom. The Labute approximate surface area is 140 Å². The zero-order valence-electron chi connectivity index (χ0n) is 14.3. The number of phenols is 1. The summed E-state index contributed by atoms with van der Waals surface area (Å²) in [6.45, 7) is 6.56. The van der Waals surface area contributed by atoms with Crippen LogP contribution < -0.4 is 10.6 Å². The van der Waals surface area contributed by atoms with E-state index in [2.05, 4.69) is 15.4 Å². The van der Waals surface area contributed by atoms with E-state index in [1.54, 1.807) is 20.8 Å². The molecule has 8 heteroatoms. The summed E-state index contributed by atoms with van der Waals surface area (Å²) in [6.07, 6.45) is -0.738. The minimum Gasteiger partial charge on any atom is -0.506 e. The van der Waals surface area contributed by atoms with Crippen LogP contribution in [0.15, 0.2) is 18.2 Å². The van der Waals surface area contributed by atoms with E-state index in [4.69, 9.17) is 4.74 Å². The van der Waals surface area contributed by atoms with Gasteiger partial charge in [0.15, 0.2) is 0 Å². The van der Waals surface area contributed by atoms with Crippen molar-refractivity contribution in [2.75, 3.05) is 12.4 Å². The molecule has 0 aromatic heterocycles. The number of hydrogen-bond acceptors (Lipinski definition) is 6. The monoisotopic (exact) mass is 338 g/mol. The van der Waals surface area contributed by atoms with Crippen LogP contribution >= 0.6 is 0 Å². The number of ether oxygens (including phenoxy) is 2. The zero-order valence-corrected chi connectivity index (χ0v) is 14.3. The molecule has 24 heavy (non-hydrogen) atoms. The third-order valence-electron chi connectivity index (χ3n) is 2.80. The summed E-state index contributed by atoms with van der Waals surface area (Å²) in [7, 11) is 1.22. The summed E-state index contributed by atoms with van der Waals surface area (Å²) in [5.41, 5.74) is -0.494. The van der Waals surface area contributed by atoms with Crippen molar-refractivity contribution in [3.8, 4) is 5.75 Å². The number of methoxy groups -OCH3 is 1. The van der Waals surface area contributed by atoms with Gasteiger partial charge in [0.1, 0.15) is 17.4 Å². The zero-order chi connectivity index (χ0) is 18.5. The molecule has 0 aliphatic carbocycles. The number of carbonyl (C=O) groups excluding carboxylic acids is 3. The fourth-order valence-electron chi connectivity index (χ4n) is 1.67. The highest BCUT2D eigenvalue weighted by Crippen LogP contribution is 2.24. The van der Waals surface area contributed by atoms with Crippen molar-refractivity contribution in [3.63, 3.8) is 0 Å². The molecule has 0 saturated heterocycles. The van der Waals surface area contributed by atoms with Gasteiger partial charge in [0.25, 0.3) is 0 Å². The van der Waals surface area contributed by atoms with Gasteiger partial charge < -0.3 is 25.2 Å². The lowest BCUT2D eigenvalue weighted by atomic mass is 10.1. The first-order chi connectivity index (χ1) is 11.0. The maximum Gasteiger partial charge on any atom is 0.408 e. The lowest BCUT2D eigenvalue weighted by Gasteiger charge is -2.21. The van der Waals surface area contributed by atoms with Crippen LogP contribution in [0, 0.1) is 0 Å². The van der Waals surface area contributed by atoms with Crippen molar-refractivity contribution in [1.82, 2.24) is 5.32 Å². The van der Waals surface area contributed by atoms with Crippen LogP contribution in [0.4, 0.5) is 10.5 Å². The molecule has 0 unspecified atom stereocenters. The van der Waals surface area contributed by atoms with E-state index in [-0.39, 0.29) is 17.0 Å². The summed E-state index contributed by atoms with van der Waals surface area (Å²) >= 11 is 0. The SMILES string of the molecule is COC(=O)c1ccc(O)c(NC(=O)[C@H](C)NC(=O)OC(C)(C)C)c1. The number of alkyl carbamates (subject to hydrolysis) is 1. The number of esters is 1. The molecule has 0 fully saturated rings. The van der Waals surface area contributed by atoms with Crippen molar-refractivity contribution in [2.24, 2.45) is 0 Å². The predicted molar refractivity (Wildman–Crippen MR) is 86.9 cm³/mol. The molecular formula is C16H22N2O6. The molecule has 132 valence electrons. The van der Waals surface area contributed by atoms with Crippen LogP contribution in [-0.2, 0) is 14.3 Å². The standard InChI is InChI=1S/C16H22N2O6/c1-9(17-15(22)24-16(2,3)4)13(20)18-11-8-10(14(21)23-5)6-7-12(11)19/h6-9,19H,1-5H3,(H,17,22)(H,18,20)/t9-/m0/s1. The van der Waals surface area contributed by atoms with Gasteiger partial charge in [-0.1, -0.05) is 0 Å². The molecule has 8 nitrogen and oxygen atoms in total. The average molecular weight is 338 g/mol. The third-order valence-corrected chi connectivity index (χ3v) is 2.80. The maximum absolute atomic E-state index is 12.1. The van der Waals surface area contributed by atoms with Crippen LogP contribution in [-0.4, -0.2) is 41.8 Å². The largest absolute Gasteiger partial charge is 0.506 e. The first-order valence-corrected chi connectivity index (χ1v) is 7.25. The van der Waals surface area contributed by atoms with E-state index in [1.165, 1.54) is 32.2 Å². The molecule has 0 bridgehead atoms. The van der Waals surface area contributed by atoms with Gasteiger partial charge in [0, 0.05) is 0 Å². The number of rotatable bonds is 4. The van der Waals surface area contributed by atoms with Crippen LogP contribution in [0.3, 0.4) is 0 Å². The van der Waals surface area contributed by atoms with Gasteiger partial charge in [-0.15, -0.1) is 0 Å². The number of nitrogens with one attached hydrogen (secondary N) is 2. The molecule has 2 amide bonds. The first kappa shape index (κ1) is 19.3. The molecule has 3 N–H and O–H groups in total. The summed E-state index contributed by atoms with van der Waals surface area (Å²) < 4.78 is 9.63. The Morgan fingerprint density at radius 1 is 1.21 bits per heavy atom. The molecule has 0 spiro atoms. The van der Waals surface area contributed by atoms with Gasteiger partial charge in [0.05, 0.1) is 18.4 Å². The molecule has 0 aliphatic rings. The van der Waals surface area contributed by atoms with Crippen molar-refractivity contribution in [3.05, 3.63) is 23.8 Å². The second-order valence-corrected chi connectivity index (χ2v) is 6.08. The van der Waals surface area contributed by atoms with E-state index >= 15 is 0 Å². The smallest absolute Gasteiger partial charge is 0.408 e. The molecule has 0 heterocycles. The summed E-state index contributed by atoms with van der Waals surface area (Å²) in [5.74, 6) is -1.41. The Morgan fingerprint density at radius 2 is 1.83 bits per heavy atom. The van der Waals surface area contributed by atoms with Crippen molar-refractivity contribution < 1.29 is 29.0 Å². The van der Waals surface area contributed by atoms with Gasteiger partial charge in [-0.3, -0.25) is 4.79 Å². The van der Waals surface area contributed by atoms with E-state index in [9.17, 15) is 19.5 Å². The Bertz CT molecular complexity index is 636. The fraction of sp³-hybridized carbons (Fsp3) is 0.438. The third kappa shape index (κ3) is 5.79. The molecule has 1 aromatic rings. The van der Waals surface area contributed by atoms with Gasteiger partial charge in [-0.2, -0.15) is 0 Å². The molecule has 1 atom stereocenters. The van der Waals surface area contributed by atoms with Crippen molar-refractivity contribution in [1.29, 1.82) is 0 Å². The van der Waals surface area contributed by atoms with Crippen LogP contribution in [0.5, 0.6) is 5.75 Å². The Balaban J connectivity index is 2.76. The fourth-order valence-corrected chi connectivity index (χ4v) is 1.67. The molecule has 1 aromatic carbocycles. The van der Waals surface area contributed by atoms with Crippen LogP contribution in [0.25, 0.3) is 0 Å². The van der Waals surface area contributed by atoms with Crippen LogP contribution in [0.1, 0.15) is 38.1 Å². The van der Waals surface area contributed by atoms with Gasteiger partial charge in [-0.25, -0.2) is 9.59 Å². The molecule has 1 rings (SSSR count). The molecular weight excluding hydrogens is 316 g/mol. The highest BCUT2D eigenvalue weighted by atomic mass is 16.6. The number of anilines is 1. The number of amides is 2. The van der Waals surface area contributed by atoms with Crippen LogP contribution in [0.2, 0.25) is 0 Å². The van der Waals surface area contributed by atoms with E-state index in [0.717, 1.165) is 0 Å². The van der Waals surface area contributed by atoms with Gasteiger partial charge in [-0.05, 0) is 45.9 Å². The minimum atomic E-state index is -0.916. The summed E-state index contributed by atoms with van der Waals surface area (Å²) in [4.78, 5) is 35.2. The van der Waals surface area contributed by atoms with Gasteiger partial charge in [0.2, 0.25) is 5.91 Å². The highest BCUT2D eigenvalue weighted by molar-refractivity contribution is 5.99. The molecule has 0 aliphatic heterocycles. The second-order valence-electron chi connectivity index (χ2n) is 6.08. The highest BCUT2D eigenvalue weighted by Gasteiger charge is 2.22. The number of benzene rings is 1. The lowest BCUT2D eigenvalue weighted by Crippen LogP contribution is -2.44. The second kappa shape index (κ2) is 7.67. The number of aromatic hydroxyl groups is 1. The summed E-state index contributed by atoms with van der Waals surface area (Å²) in [5, 5.41) is 14.6. The Kier molecular flexibility index (Phi) is 6.16. The summed E-state index contributed by atoms with van der Waals surface area (Å²) in [6, 6.07) is 2.98. The number of hydrogen-bond donors (Lipinski definition) is 3. The van der Waals surface area contributed by atoms with E-state index in [1.807, 2.05) is 0 Å². The lowest BCUT2D eigenvalue weighted by molar-refractivity contribution is -0.117. The topological polar surface area (TPSA) is 114 Å². The quantitative estimate of drug-likeness (QED) is 0.572. The first-order valence-electron chi connectivity index (χ1n) is 7.25. The van der Waals surface area contributed by atoms with E-state index < -0.39 is 29.6 Å². The molecule has 0 radical (unpaired) electrons. The molecule has 0 saturated carbocycles. The van der Waals surface area contributed by atoms with Gasteiger partial charge >= 0.3 is 12.1 Å².